The Morgan fingerprint density at radius 1 is 1.23 bits per heavy atom. The number of nitrogens with zero attached hydrogens (tertiary/aromatic N) is 1. The summed E-state index contributed by atoms with van der Waals surface area (Å²) in [5.74, 6) is 0.0921. The number of hydrogen-bond donors (Lipinski definition) is 3. The van der Waals surface area contributed by atoms with E-state index < -0.39 is 11.4 Å². The molecule has 0 unspecified atom stereocenters. The number of ether oxygens (including phenoxy) is 1. The van der Waals surface area contributed by atoms with Crippen molar-refractivity contribution in [3.63, 3.8) is 0 Å². The van der Waals surface area contributed by atoms with Crippen LogP contribution in [0.3, 0.4) is 0 Å². The van der Waals surface area contributed by atoms with Crippen molar-refractivity contribution in [3.05, 3.63) is 59.9 Å². The summed E-state index contributed by atoms with van der Waals surface area (Å²) < 4.78 is 18.5. The predicted molar refractivity (Wildman–Crippen MR) is 90.2 cm³/mol. The van der Waals surface area contributed by atoms with Gasteiger partial charge in [0.1, 0.15) is 22.9 Å². The van der Waals surface area contributed by atoms with Gasteiger partial charge in [0.25, 0.3) is 5.91 Å². The Labute approximate surface area is 149 Å². The van der Waals surface area contributed by atoms with Crippen LogP contribution in [0.2, 0.25) is 0 Å². The highest BCUT2D eigenvalue weighted by atomic mass is 19.1. The lowest BCUT2D eigenvalue weighted by Crippen LogP contribution is -2.53. The maximum absolute atomic E-state index is 12.9. The summed E-state index contributed by atoms with van der Waals surface area (Å²) in [4.78, 5) is 25.2. The van der Waals surface area contributed by atoms with Gasteiger partial charge in [-0.25, -0.2) is 14.7 Å². The molecule has 0 radical (unpaired) electrons. The summed E-state index contributed by atoms with van der Waals surface area (Å²) in [5.41, 5.74) is 1.23. The van der Waals surface area contributed by atoms with Gasteiger partial charge in [0.05, 0.1) is 6.54 Å². The first-order chi connectivity index (χ1) is 12.4. The number of benzene rings is 2. The van der Waals surface area contributed by atoms with Crippen molar-refractivity contribution >= 4 is 11.9 Å². The Morgan fingerprint density at radius 3 is 2.38 bits per heavy atom. The number of amides is 3. The molecule has 3 rings (SSSR count). The normalized spacial score (nSPS) is 19.2. The first-order valence-corrected chi connectivity index (χ1v) is 7.93. The highest BCUT2D eigenvalue weighted by molar-refractivity contribution is 5.93. The molecule has 7 nitrogen and oxygen atoms in total. The molecule has 26 heavy (non-hydrogen) atoms. The van der Waals surface area contributed by atoms with Crippen molar-refractivity contribution in [3.8, 4) is 11.5 Å². The number of rotatable bonds is 5. The van der Waals surface area contributed by atoms with Crippen LogP contribution in [0.5, 0.6) is 11.5 Å². The van der Waals surface area contributed by atoms with Crippen molar-refractivity contribution < 1.29 is 23.9 Å². The van der Waals surface area contributed by atoms with Gasteiger partial charge in [0.15, 0.2) is 0 Å². The predicted octanol–water partition coefficient (Wildman–Crippen LogP) is 2.41. The van der Waals surface area contributed by atoms with Crippen molar-refractivity contribution in [1.29, 1.82) is 0 Å². The number of urea groups is 1. The van der Waals surface area contributed by atoms with Crippen LogP contribution < -0.4 is 15.5 Å². The maximum Gasteiger partial charge on any atom is 0.318 e. The quantitative estimate of drug-likeness (QED) is 0.565. The van der Waals surface area contributed by atoms with E-state index in [1.54, 1.807) is 29.7 Å². The molecule has 3 amide bonds. The number of hydrogen-bond acceptors (Lipinski definition) is 4. The van der Waals surface area contributed by atoms with Crippen molar-refractivity contribution in [2.45, 2.75) is 19.0 Å². The molecule has 1 saturated heterocycles. The topological polar surface area (TPSA) is 90.9 Å². The van der Waals surface area contributed by atoms with Crippen LogP contribution in [-0.2, 0) is 11.3 Å². The van der Waals surface area contributed by atoms with Gasteiger partial charge in [0, 0.05) is 6.54 Å². The Morgan fingerprint density at radius 2 is 1.81 bits per heavy atom. The van der Waals surface area contributed by atoms with E-state index in [2.05, 4.69) is 5.32 Å². The third-order valence-corrected chi connectivity index (χ3v) is 4.13. The largest absolute Gasteiger partial charge is 0.457 e. The van der Waals surface area contributed by atoms with Crippen LogP contribution >= 0.6 is 0 Å². The highest BCUT2D eigenvalue weighted by Crippen LogP contribution is 2.23. The monoisotopic (exact) mass is 359 g/mol. The van der Waals surface area contributed by atoms with E-state index in [4.69, 9.17) is 9.94 Å². The molecule has 2 aromatic carbocycles. The average molecular weight is 359 g/mol. The second kappa shape index (κ2) is 7.01. The number of hydroxylamine groups is 1. The molecular weight excluding hydrogens is 341 g/mol. The molecular formula is C18H18FN3O4. The van der Waals surface area contributed by atoms with Gasteiger partial charge in [-0.05, 0) is 48.9 Å². The average Bonchev–Trinajstić information content (AvgIpc) is 2.92. The van der Waals surface area contributed by atoms with Crippen molar-refractivity contribution in [1.82, 2.24) is 15.7 Å². The third kappa shape index (κ3) is 3.75. The fraction of sp³-hybridized carbons (Fsp3) is 0.222. The Hall–Kier alpha value is -3.13. The molecule has 2 aromatic rings. The van der Waals surface area contributed by atoms with E-state index in [1.807, 2.05) is 0 Å². The second-order valence-electron chi connectivity index (χ2n) is 6.26. The summed E-state index contributed by atoms with van der Waals surface area (Å²) >= 11 is 0. The standard InChI is InChI=1S/C18H18FN3O4/c1-18(16(23)21-25)11-22(17(24)20-18)10-12-2-6-14(7-3-12)26-15-8-4-13(19)5-9-15/h2-9,25H,10-11H2,1H3,(H,20,24)(H,21,23)/t18-/m1/s1. The molecule has 3 N–H and O–H groups in total. The molecule has 1 atom stereocenters. The highest BCUT2D eigenvalue weighted by Gasteiger charge is 2.44. The SMILES string of the molecule is C[C@]1(C(=O)NO)CN(Cc2ccc(Oc3ccc(F)cc3)cc2)C(=O)N1. The molecule has 1 fully saturated rings. The molecule has 8 heteroatoms. The lowest BCUT2D eigenvalue weighted by Gasteiger charge is -2.20. The molecule has 0 saturated carbocycles. The van der Waals surface area contributed by atoms with E-state index >= 15 is 0 Å². The Balaban J connectivity index is 1.63. The third-order valence-electron chi connectivity index (χ3n) is 4.13. The van der Waals surface area contributed by atoms with Gasteiger partial charge in [-0.2, -0.15) is 0 Å². The molecule has 1 aliphatic heterocycles. The summed E-state index contributed by atoms with van der Waals surface area (Å²) in [6.45, 7) is 1.97. The van der Waals surface area contributed by atoms with Crippen LogP contribution in [0.1, 0.15) is 12.5 Å². The van der Waals surface area contributed by atoms with Crippen molar-refractivity contribution in [2.75, 3.05) is 6.54 Å². The van der Waals surface area contributed by atoms with Gasteiger partial charge < -0.3 is 15.0 Å². The van der Waals surface area contributed by atoms with Gasteiger partial charge in [-0.1, -0.05) is 12.1 Å². The van der Waals surface area contributed by atoms with Crippen LogP contribution in [0.25, 0.3) is 0 Å². The second-order valence-corrected chi connectivity index (χ2v) is 6.26. The van der Waals surface area contributed by atoms with Gasteiger partial charge >= 0.3 is 6.03 Å². The summed E-state index contributed by atoms with van der Waals surface area (Å²) in [6, 6.07) is 12.4. The van der Waals surface area contributed by atoms with E-state index in [0.29, 0.717) is 18.0 Å². The fourth-order valence-electron chi connectivity index (χ4n) is 2.71. The molecule has 136 valence electrons. The number of carbonyl (C=O) groups excluding carboxylic acids is 2. The Kier molecular flexibility index (Phi) is 4.77. The van der Waals surface area contributed by atoms with E-state index in [0.717, 1.165) is 5.56 Å². The minimum absolute atomic E-state index is 0.131. The zero-order valence-corrected chi connectivity index (χ0v) is 14.0. The van der Waals surface area contributed by atoms with Crippen LogP contribution in [0.15, 0.2) is 48.5 Å². The minimum Gasteiger partial charge on any atom is -0.457 e. The van der Waals surface area contributed by atoms with Crippen LogP contribution in [-0.4, -0.2) is 34.1 Å². The van der Waals surface area contributed by atoms with E-state index in [1.165, 1.54) is 36.1 Å². The first-order valence-electron chi connectivity index (χ1n) is 7.93. The minimum atomic E-state index is -1.18. The fourth-order valence-corrected chi connectivity index (χ4v) is 2.71. The molecule has 0 aliphatic carbocycles. The Bertz CT molecular complexity index is 810. The lowest BCUT2D eigenvalue weighted by molar-refractivity contribution is -0.134. The number of nitrogens with one attached hydrogen (secondary N) is 2. The van der Waals surface area contributed by atoms with Crippen LogP contribution in [0.4, 0.5) is 9.18 Å². The molecule has 0 bridgehead atoms. The zero-order valence-electron chi connectivity index (χ0n) is 14.0. The summed E-state index contributed by atoms with van der Waals surface area (Å²) in [6.07, 6.45) is 0. The molecule has 0 spiro atoms. The maximum atomic E-state index is 12.9. The molecule has 1 aliphatic rings. The lowest BCUT2D eigenvalue weighted by atomic mass is 10.0. The van der Waals surface area contributed by atoms with E-state index in [9.17, 15) is 14.0 Å². The van der Waals surface area contributed by atoms with Gasteiger partial charge in [-0.3, -0.25) is 10.0 Å². The zero-order chi connectivity index (χ0) is 18.7. The van der Waals surface area contributed by atoms with E-state index in [-0.39, 0.29) is 18.4 Å². The number of halogens is 1. The van der Waals surface area contributed by atoms with Crippen molar-refractivity contribution in [2.24, 2.45) is 0 Å². The first kappa shape index (κ1) is 17.7. The van der Waals surface area contributed by atoms with Gasteiger partial charge in [-0.15, -0.1) is 0 Å². The molecule has 0 aromatic heterocycles. The van der Waals surface area contributed by atoms with Crippen LogP contribution in [0, 0.1) is 5.82 Å². The summed E-state index contributed by atoms with van der Waals surface area (Å²) in [7, 11) is 0. The number of carbonyl (C=O) groups is 2. The molecule has 1 heterocycles. The summed E-state index contributed by atoms with van der Waals surface area (Å²) in [5, 5.41) is 11.3. The van der Waals surface area contributed by atoms with Gasteiger partial charge in [0.2, 0.25) is 0 Å². The smallest absolute Gasteiger partial charge is 0.318 e.